The van der Waals surface area contributed by atoms with Gasteiger partial charge in [-0.05, 0) is 50.3 Å². The van der Waals surface area contributed by atoms with Crippen LogP contribution in [0.4, 0.5) is 5.82 Å². The highest BCUT2D eigenvalue weighted by Gasteiger charge is 2.26. The Kier molecular flexibility index (Phi) is 4.23. The summed E-state index contributed by atoms with van der Waals surface area (Å²) in [6.07, 6.45) is 8.56. The molecule has 5 rings (SSSR count). The zero-order valence-electron chi connectivity index (χ0n) is 16.3. The van der Waals surface area contributed by atoms with Gasteiger partial charge in [0.05, 0.1) is 5.39 Å². The second kappa shape index (κ2) is 6.75. The number of likely N-dealkylation sites (N-methyl/N-ethyl adjacent to an activating group) is 1. The maximum Gasteiger partial charge on any atom is 0.229 e. The van der Waals surface area contributed by atoms with Gasteiger partial charge in [-0.3, -0.25) is 0 Å². The Morgan fingerprint density at radius 3 is 2.59 bits per heavy atom. The lowest BCUT2D eigenvalue weighted by molar-refractivity contribution is 0.312. The van der Waals surface area contributed by atoms with Gasteiger partial charge in [-0.2, -0.15) is 0 Å². The molecule has 1 aliphatic heterocycles. The Morgan fingerprint density at radius 1 is 1.04 bits per heavy atom. The van der Waals surface area contributed by atoms with Crippen LogP contribution in [0.2, 0.25) is 0 Å². The van der Waals surface area contributed by atoms with Gasteiger partial charge in [0, 0.05) is 31.9 Å². The fraction of sp³-hybridized carbons (Fsp3) is 0.571. The zero-order chi connectivity index (χ0) is 18.4. The summed E-state index contributed by atoms with van der Waals surface area (Å²) < 4.78 is 6.33. The summed E-state index contributed by atoms with van der Waals surface area (Å²) in [5.74, 6) is 0.924. The van der Waals surface area contributed by atoms with Crippen molar-refractivity contribution in [2.45, 2.75) is 45.4 Å². The molecule has 1 fully saturated rings. The fourth-order valence-corrected chi connectivity index (χ4v) is 4.61. The molecule has 4 heterocycles. The predicted octanol–water partition coefficient (Wildman–Crippen LogP) is 3.35. The molecule has 142 valence electrons. The average molecular weight is 365 g/mol. The van der Waals surface area contributed by atoms with Crippen molar-refractivity contribution in [3.05, 3.63) is 23.1 Å². The Labute approximate surface area is 159 Å². The number of aromatic nitrogens is 3. The summed E-state index contributed by atoms with van der Waals surface area (Å²) >= 11 is 0. The topological polar surface area (TPSA) is 58.3 Å². The van der Waals surface area contributed by atoms with Crippen molar-refractivity contribution >= 4 is 28.0 Å². The average Bonchev–Trinajstić information content (AvgIpc) is 3.07. The molecule has 0 atom stereocenters. The predicted molar refractivity (Wildman–Crippen MR) is 107 cm³/mol. The molecule has 0 N–H and O–H groups in total. The number of piperazine rings is 1. The minimum atomic E-state index is 0.755. The Balaban J connectivity index is 1.71. The molecular formula is C21H27N5O. The van der Waals surface area contributed by atoms with Crippen LogP contribution in [0.25, 0.3) is 22.2 Å². The Morgan fingerprint density at radius 2 is 1.81 bits per heavy atom. The minimum absolute atomic E-state index is 0.755. The number of furan rings is 1. The number of anilines is 1. The molecule has 1 saturated heterocycles. The van der Waals surface area contributed by atoms with E-state index in [1.807, 2.05) is 0 Å². The molecule has 6 heteroatoms. The molecule has 0 spiro atoms. The lowest BCUT2D eigenvalue weighted by Crippen LogP contribution is -2.44. The van der Waals surface area contributed by atoms with Crippen LogP contribution in [0.5, 0.6) is 0 Å². The van der Waals surface area contributed by atoms with Crippen LogP contribution in [-0.2, 0) is 19.3 Å². The smallest absolute Gasteiger partial charge is 0.229 e. The molecule has 0 aromatic carbocycles. The number of hydrogen-bond donors (Lipinski definition) is 0. The summed E-state index contributed by atoms with van der Waals surface area (Å²) in [7, 11) is 2.17. The van der Waals surface area contributed by atoms with Crippen LogP contribution in [0.1, 0.15) is 43.0 Å². The monoisotopic (exact) mass is 365 g/mol. The van der Waals surface area contributed by atoms with E-state index in [0.717, 1.165) is 79.9 Å². The van der Waals surface area contributed by atoms with Crippen molar-refractivity contribution in [2.24, 2.45) is 0 Å². The summed E-state index contributed by atoms with van der Waals surface area (Å²) in [5.41, 5.74) is 6.63. The lowest BCUT2D eigenvalue weighted by atomic mass is 9.88. The van der Waals surface area contributed by atoms with Gasteiger partial charge in [0.1, 0.15) is 11.8 Å². The first-order chi connectivity index (χ1) is 13.3. The van der Waals surface area contributed by atoms with E-state index < -0.39 is 0 Å². The van der Waals surface area contributed by atoms with Crippen molar-refractivity contribution in [2.75, 3.05) is 38.1 Å². The van der Waals surface area contributed by atoms with Gasteiger partial charge in [0.2, 0.25) is 5.71 Å². The molecule has 27 heavy (non-hydrogen) atoms. The minimum Gasteiger partial charge on any atom is -0.432 e. The summed E-state index contributed by atoms with van der Waals surface area (Å²) in [6, 6.07) is 0. The van der Waals surface area contributed by atoms with Crippen LogP contribution in [0, 0.1) is 0 Å². The first kappa shape index (κ1) is 16.9. The highest BCUT2D eigenvalue weighted by atomic mass is 16.3. The van der Waals surface area contributed by atoms with E-state index >= 15 is 0 Å². The van der Waals surface area contributed by atoms with E-state index in [9.17, 15) is 0 Å². The van der Waals surface area contributed by atoms with Crippen molar-refractivity contribution in [1.82, 2.24) is 19.9 Å². The normalized spacial score (nSPS) is 18.4. The number of rotatable bonds is 3. The summed E-state index contributed by atoms with van der Waals surface area (Å²) in [6.45, 7) is 6.23. The quantitative estimate of drug-likeness (QED) is 0.709. The fourth-order valence-electron chi connectivity index (χ4n) is 4.61. The van der Waals surface area contributed by atoms with Crippen LogP contribution >= 0.6 is 0 Å². The maximum absolute atomic E-state index is 6.33. The van der Waals surface area contributed by atoms with Gasteiger partial charge in [0.15, 0.2) is 11.4 Å². The molecule has 0 saturated carbocycles. The van der Waals surface area contributed by atoms with Crippen LogP contribution in [0.15, 0.2) is 10.7 Å². The van der Waals surface area contributed by atoms with Gasteiger partial charge in [0.25, 0.3) is 0 Å². The molecule has 1 aliphatic carbocycles. The van der Waals surface area contributed by atoms with Gasteiger partial charge in [-0.1, -0.05) is 13.3 Å². The van der Waals surface area contributed by atoms with Crippen molar-refractivity contribution in [1.29, 1.82) is 0 Å². The van der Waals surface area contributed by atoms with Crippen molar-refractivity contribution in [3.8, 4) is 0 Å². The van der Waals surface area contributed by atoms with Crippen LogP contribution in [0.3, 0.4) is 0 Å². The highest BCUT2D eigenvalue weighted by molar-refractivity contribution is 6.06. The molecule has 0 amide bonds. The van der Waals surface area contributed by atoms with E-state index in [1.165, 1.54) is 29.7 Å². The van der Waals surface area contributed by atoms with E-state index in [0.29, 0.717) is 0 Å². The van der Waals surface area contributed by atoms with Crippen molar-refractivity contribution < 1.29 is 4.42 Å². The molecule has 0 radical (unpaired) electrons. The van der Waals surface area contributed by atoms with E-state index in [2.05, 4.69) is 33.7 Å². The van der Waals surface area contributed by atoms with Gasteiger partial charge < -0.3 is 14.2 Å². The van der Waals surface area contributed by atoms with E-state index in [-0.39, 0.29) is 0 Å². The molecule has 3 aromatic rings. The van der Waals surface area contributed by atoms with E-state index in [4.69, 9.17) is 9.40 Å². The third-order valence-corrected chi connectivity index (χ3v) is 6.08. The molecule has 6 nitrogen and oxygen atoms in total. The number of hydrogen-bond acceptors (Lipinski definition) is 6. The second-order valence-electron chi connectivity index (χ2n) is 7.92. The van der Waals surface area contributed by atoms with Crippen molar-refractivity contribution in [3.63, 3.8) is 0 Å². The van der Waals surface area contributed by atoms with Gasteiger partial charge >= 0.3 is 0 Å². The molecule has 0 unspecified atom stereocenters. The highest BCUT2D eigenvalue weighted by Crippen LogP contribution is 2.38. The molecular weight excluding hydrogens is 338 g/mol. The first-order valence-electron chi connectivity index (χ1n) is 10.3. The first-order valence-corrected chi connectivity index (χ1v) is 10.3. The third kappa shape index (κ3) is 2.78. The number of nitrogens with zero attached hydrogens (tertiary/aromatic N) is 5. The zero-order valence-corrected chi connectivity index (χ0v) is 16.3. The summed E-state index contributed by atoms with van der Waals surface area (Å²) in [5, 5.41) is 1.14. The number of fused-ring (bicyclic) bond motifs is 5. The molecule has 0 bridgehead atoms. The molecule has 3 aromatic heterocycles. The second-order valence-corrected chi connectivity index (χ2v) is 7.92. The van der Waals surface area contributed by atoms with Gasteiger partial charge in [-0.25, -0.2) is 15.0 Å². The van der Waals surface area contributed by atoms with Crippen LogP contribution in [-0.4, -0.2) is 53.1 Å². The largest absolute Gasteiger partial charge is 0.432 e. The van der Waals surface area contributed by atoms with E-state index in [1.54, 1.807) is 6.33 Å². The van der Waals surface area contributed by atoms with Gasteiger partial charge in [-0.15, -0.1) is 0 Å². The third-order valence-electron chi connectivity index (χ3n) is 6.08. The maximum atomic E-state index is 6.33. The Bertz CT molecular complexity index is 987. The SMILES string of the molecule is CCCc1nc2oc3c(N4CCN(C)CC4)ncnc3c2c2c1CCCC2. The number of aryl methyl sites for hydroxylation is 2. The standard InChI is InChI=1S/C21H27N5O/c1-3-6-16-14-7-4-5-8-15(14)17-18-19(27-21(17)24-16)20(23-13-22-18)26-11-9-25(2)10-12-26/h13H,3-12H2,1-2H3. The number of pyridine rings is 1. The Hall–Kier alpha value is -2.21. The summed E-state index contributed by atoms with van der Waals surface area (Å²) in [4.78, 5) is 18.9. The molecule has 2 aliphatic rings. The lowest BCUT2D eigenvalue weighted by Gasteiger charge is -2.32. The van der Waals surface area contributed by atoms with Crippen LogP contribution < -0.4 is 4.90 Å².